The molecule has 0 spiro atoms. The van der Waals surface area contributed by atoms with Crippen molar-refractivity contribution in [2.24, 2.45) is 28.6 Å². The topological polar surface area (TPSA) is 34.1 Å². The number of carbonyl (C=O) groups is 2. The third-order valence-electron chi connectivity index (χ3n) is 7.67. The molecule has 4 aliphatic rings. The second-order valence-corrected chi connectivity index (χ2v) is 8.39. The monoisotopic (exact) mass is 286 g/mol. The first-order valence-corrected chi connectivity index (χ1v) is 8.72. The van der Waals surface area contributed by atoms with Gasteiger partial charge in [-0.1, -0.05) is 19.4 Å². The minimum absolute atomic E-state index is 0.0246. The van der Waals surface area contributed by atoms with Crippen molar-refractivity contribution >= 4 is 11.6 Å². The van der Waals surface area contributed by atoms with E-state index in [4.69, 9.17) is 0 Å². The molecule has 0 aromatic heterocycles. The highest BCUT2D eigenvalue weighted by Gasteiger charge is 2.58. The molecule has 0 aliphatic heterocycles. The number of rotatable bonds is 0. The number of Topliss-reactive ketones (excluding diaryl/α,β-unsaturated/α-hetero) is 1. The van der Waals surface area contributed by atoms with Crippen molar-refractivity contribution in [2.75, 3.05) is 0 Å². The van der Waals surface area contributed by atoms with Crippen LogP contribution in [0.15, 0.2) is 11.6 Å². The summed E-state index contributed by atoms with van der Waals surface area (Å²) in [4.78, 5) is 24.1. The summed E-state index contributed by atoms with van der Waals surface area (Å²) in [7, 11) is 0. The Morgan fingerprint density at radius 1 is 0.905 bits per heavy atom. The van der Waals surface area contributed by atoms with Crippen molar-refractivity contribution < 1.29 is 9.59 Å². The normalized spacial score (nSPS) is 49.2. The lowest BCUT2D eigenvalue weighted by Gasteiger charge is -2.56. The largest absolute Gasteiger partial charge is 0.299 e. The van der Waals surface area contributed by atoms with E-state index >= 15 is 0 Å². The molecule has 0 unspecified atom stereocenters. The SMILES string of the molecule is C[C@@]12CC[C@H]3[C@@H](CCC4=CC(=O)CC[C@@]43C)[C@H]1CCC2=O. The fourth-order valence-corrected chi connectivity index (χ4v) is 6.33. The predicted molar refractivity (Wildman–Crippen MR) is 81.7 cm³/mol. The molecule has 0 bridgehead atoms. The van der Waals surface area contributed by atoms with Gasteiger partial charge in [0.25, 0.3) is 0 Å². The Morgan fingerprint density at radius 2 is 1.67 bits per heavy atom. The minimum atomic E-state index is -0.0246. The summed E-state index contributed by atoms with van der Waals surface area (Å²) >= 11 is 0. The fraction of sp³-hybridized carbons (Fsp3) is 0.789. The molecule has 4 rings (SSSR count). The van der Waals surface area contributed by atoms with Gasteiger partial charge >= 0.3 is 0 Å². The molecular formula is C19H26O2. The van der Waals surface area contributed by atoms with Gasteiger partial charge in [-0.05, 0) is 67.8 Å². The second kappa shape index (κ2) is 4.30. The number of allylic oxidation sites excluding steroid dienone is 1. The Kier molecular flexibility index (Phi) is 2.81. The number of hydrogen-bond donors (Lipinski definition) is 0. The summed E-state index contributed by atoms with van der Waals surface area (Å²) < 4.78 is 0. The van der Waals surface area contributed by atoms with Crippen LogP contribution in [0.5, 0.6) is 0 Å². The first-order valence-electron chi connectivity index (χ1n) is 8.72. The van der Waals surface area contributed by atoms with Crippen molar-refractivity contribution in [3.63, 3.8) is 0 Å². The lowest BCUT2D eigenvalue weighted by Crippen LogP contribution is -2.50. The Labute approximate surface area is 127 Å². The summed E-state index contributed by atoms with van der Waals surface area (Å²) in [5, 5.41) is 0. The number of carbonyl (C=O) groups excluding carboxylic acids is 2. The molecular weight excluding hydrogens is 260 g/mol. The summed E-state index contributed by atoms with van der Waals surface area (Å²) in [5.74, 6) is 2.88. The summed E-state index contributed by atoms with van der Waals surface area (Å²) in [6, 6.07) is 0. The molecule has 2 heteroatoms. The van der Waals surface area contributed by atoms with E-state index in [0.717, 1.165) is 38.5 Å². The molecule has 0 heterocycles. The van der Waals surface area contributed by atoms with Crippen LogP contribution >= 0.6 is 0 Å². The van der Waals surface area contributed by atoms with Crippen LogP contribution in [0.3, 0.4) is 0 Å². The molecule has 0 radical (unpaired) electrons. The third-order valence-corrected chi connectivity index (χ3v) is 7.67. The number of hydrogen-bond acceptors (Lipinski definition) is 2. The highest BCUT2D eigenvalue weighted by molar-refractivity contribution is 5.91. The molecule has 2 nitrogen and oxygen atoms in total. The van der Waals surface area contributed by atoms with E-state index < -0.39 is 0 Å². The lowest BCUT2D eigenvalue weighted by molar-refractivity contribution is -0.132. The van der Waals surface area contributed by atoms with E-state index in [1.54, 1.807) is 0 Å². The van der Waals surface area contributed by atoms with E-state index in [1.807, 2.05) is 6.08 Å². The summed E-state index contributed by atoms with van der Waals surface area (Å²) in [6.45, 7) is 4.64. The maximum Gasteiger partial charge on any atom is 0.155 e. The first kappa shape index (κ1) is 13.7. The Balaban J connectivity index is 1.70. The van der Waals surface area contributed by atoms with Gasteiger partial charge in [0.1, 0.15) is 5.78 Å². The smallest absolute Gasteiger partial charge is 0.155 e. The summed E-state index contributed by atoms with van der Waals surface area (Å²) in [5.41, 5.74) is 1.64. The van der Waals surface area contributed by atoms with Crippen LogP contribution < -0.4 is 0 Å². The van der Waals surface area contributed by atoms with Crippen LogP contribution in [-0.2, 0) is 9.59 Å². The van der Waals surface area contributed by atoms with Crippen LogP contribution in [-0.4, -0.2) is 11.6 Å². The van der Waals surface area contributed by atoms with Gasteiger partial charge in [0, 0.05) is 18.3 Å². The standard InChI is InChI=1S/C19H26O2/c1-18-9-7-13(20)11-12(18)3-4-14-15-5-6-17(21)19(15,2)10-8-16(14)18/h11,14-16H,3-10H2,1-2H3/t14-,15+,16-,18-,19+/m0/s1. The third kappa shape index (κ3) is 1.71. The van der Waals surface area contributed by atoms with E-state index in [-0.39, 0.29) is 10.8 Å². The summed E-state index contributed by atoms with van der Waals surface area (Å²) in [6.07, 6.45) is 10.2. The Morgan fingerprint density at radius 3 is 2.48 bits per heavy atom. The van der Waals surface area contributed by atoms with Crippen molar-refractivity contribution in [3.8, 4) is 0 Å². The van der Waals surface area contributed by atoms with Crippen LogP contribution in [0, 0.1) is 28.6 Å². The molecule has 3 fully saturated rings. The van der Waals surface area contributed by atoms with E-state index in [9.17, 15) is 9.59 Å². The Hall–Kier alpha value is -0.920. The van der Waals surface area contributed by atoms with Crippen molar-refractivity contribution in [1.29, 1.82) is 0 Å². The maximum absolute atomic E-state index is 12.4. The van der Waals surface area contributed by atoms with Gasteiger partial charge in [-0.3, -0.25) is 9.59 Å². The molecule has 114 valence electrons. The molecule has 5 atom stereocenters. The molecule has 21 heavy (non-hydrogen) atoms. The van der Waals surface area contributed by atoms with Crippen LogP contribution in [0.1, 0.15) is 65.2 Å². The van der Waals surface area contributed by atoms with Crippen molar-refractivity contribution in [2.45, 2.75) is 65.2 Å². The van der Waals surface area contributed by atoms with Gasteiger partial charge in [0.15, 0.2) is 5.78 Å². The highest BCUT2D eigenvalue weighted by Crippen LogP contribution is 2.64. The van der Waals surface area contributed by atoms with E-state index in [2.05, 4.69) is 13.8 Å². The number of ketones is 2. The van der Waals surface area contributed by atoms with Gasteiger partial charge in [-0.15, -0.1) is 0 Å². The van der Waals surface area contributed by atoms with Crippen molar-refractivity contribution in [1.82, 2.24) is 0 Å². The van der Waals surface area contributed by atoms with E-state index in [0.29, 0.717) is 29.3 Å². The molecule has 0 N–H and O–H groups in total. The van der Waals surface area contributed by atoms with Crippen LogP contribution in [0.25, 0.3) is 0 Å². The van der Waals surface area contributed by atoms with Crippen molar-refractivity contribution in [3.05, 3.63) is 11.6 Å². The molecule has 0 amide bonds. The van der Waals surface area contributed by atoms with Gasteiger partial charge in [-0.2, -0.15) is 0 Å². The van der Waals surface area contributed by atoms with Gasteiger partial charge in [0.05, 0.1) is 0 Å². The average Bonchev–Trinajstić information content (AvgIpc) is 2.76. The molecule has 0 aromatic rings. The average molecular weight is 286 g/mol. The Bertz CT molecular complexity index is 546. The molecule has 0 saturated heterocycles. The van der Waals surface area contributed by atoms with Crippen LogP contribution in [0.4, 0.5) is 0 Å². The number of fused-ring (bicyclic) bond motifs is 5. The van der Waals surface area contributed by atoms with Gasteiger partial charge in [0.2, 0.25) is 0 Å². The van der Waals surface area contributed by atoms with Gasteiger partial charge < -0.3 is 0 Å². The first-order chi connectivity index (χ1) is 9.95. The zero-order valence-corrected chi connectivity index (χ0v) is 13.3. The minimum Gasteiger partial charge on any atom is -0.299 e. The zero-order valence-electron chi connectivity index (χ0n) is 13.3. The maximum atomic E-state index is 12.4. The predicted octanol–water partition coefficient (Wildman–Crippen LogP) is 4.09. The molecule has 3 saturated carbocycles. The zero-order chi connectivity index (χ0) is 14.8. The fourth-order valence-electron chi connectivity index (χ4n) is 6.33. The van der Waals surface area contributed by atoms with Gasteiger partial charge in [-0.25, -0.2) is 0 Å². The molecule has 4 aliphatic carbocycles. The molecule has 0 aromatic carbocycles. The van der Waals surface area contributed by atoms with Crippen LogP contribution in [0.2, 0.25) is 0 Å². The second-order valence-electron chi connectivity index (χ2n) is 8.39. The quantitative estimate of drug-likeness (QED) is 0.672. The lowest BCUT2D eigenvalue weighted by atomic mass is 9.47. The van der Waals surface area contributed by atoms with E-state index in [1.165, 1.54) is 18.4 Å². The highest BCUT2D eigenvalue weighted by atomic mass is 16.1.